The Morgan fingerprint density at radius 3 is 2.11 bits per heavy atom. The number of nitrogens with zero attached hydrogens (tertiary/aromatic N) is 4. The Morgan fingerprint density at radius 1 is 0.868 bits per heavy atom. The normalized spacial score (nSPS) is 15.0. The fourth-order valence-electron chi connectivity index (χ4n) is 6.23. The van der Waals surface area contributed by atoms with Crippen molar-refractivity contribution in [2.75, 3.05) is 38.6 Å². The van der Waals surface area contributed by atoms with E-state index in [2.05, 4.69) is 20.9 Å². The van der Waals surface area contributed by atoms with E-state index in [0.29, 0.717) is 51.0 Å². The molecule has 2 aromatic carbocycles. The van der Waals surface area contributed by atoms with Gasteiger partial charge in [0, 0.05) is 45.8 Å². The number of pyridine rings is 1. The first kappa shape index (κ1) is 40.5. The molecule has 284 valence electrons. The number of rotatable bonds is 14. The average molecular weight is 726 g/mol. The number of anilines is 1. The Hall–Kier alpha value is -5.26. The maximum absolute atomic E-state index is 14.1. The van der Waals surface area contributed by atoms with E-state index in [9.17, 15) is 24.0 Å². The number of carbonyl (C=O) groups is 5. The molecule has 0 bridgehead atoms. The molecule has 3 aromatic rings. The highest BCUT2D eigenvalue weighted by Gasteiger charge is 2.34. The van der Waals surface area contributed by atoms with Gasteiger partial charge in [0.2, 0.25) is 23.6 Å². The Kier molecular flexibility index (Phi) is 14.5. The minimum atomic E-state index is -1.25. The highest BCUT2D eigenvalue weighted by Crippen LogP contribution is 2.23. The molecule has 12 heteroatoms. The molecule has 3 atom stereocenters. The zero-order chi connectivity index (χ0) is 38.5. The van der Waals surface area contributed by atoms with Crippen molar-refractivity contribution in [3.8, 4) is 0 Å². The molecular formula is C41H55N7O5. The van der Waals surface area contributed by atoms with E-state index >= 15 is 0 Å². The van der Waals surface area contributed by atoms with E-state index in [1.54, 1.807) is 47.3 Å². The number of benzene rings is 2. The number of carbonyl (C=O) groups excluding carboxylic acids is 5. The lowest BCUT2D eigenvalue weighted by atomic mass is 9.95. The molecule has 4 rings (SSSR count). The smallest absolute Gasteiger partial charge is 0.318 e. The number of likely N-dealkylation sites (N-methyl/N-ethyl adjacent to an activating group) is 1. The van der Waals surface area contributed by atoms with Crippen LogP contribution >= 0.6 is 0 Å². The molecule has 1 aromatic heterocycles. The van der Waals surface area contributed by atoms with Gasteiger partial charge in [0.15, 0.2) is 0 Å². The largest absolute Gasteiger partial charge is 0.355 e. The van der Waals surface area contributed by atoms with E-state index in [-0.39, 0.29) is 35.6 Å². The predicted octanol–water partition coefficient (Wildman–Crippen LogP) is 4.72. The third-order valence-electron chi connectivity index (χ3n) is 9.70. The monoisotopic (exact) mass is 725 g/mol. The highest BCUT2D eigenvalue weighted by molar-refractivity contribution is 5.96. The van der Waals surface area contributed by atoms with Crippen molar-refractivity contribution < 1.29 is 24.0 Å². The molecule has 6 amide bonds. The molecule has 1 fully saturated rings. The van der Waals surface area contributed by atoms with Crippen molar-refractivity contribution in [1.82, 2.24) is 30.7 Å². The van der Waals surface area contributed by atoms with Crippen LogP contribution in [0.5, 0.6) is 0 Å². The van der Waals surface area contributed by atoms with Crippen molar-refractivity contribution in [3.05, 3.63) is 96.3 Å². The number of aryl methyl sites for hydroxylation is 1. The second-order valence-corrected chi connectivity index (χ2v) is 15.0. The van der Waals surface area contributed by atoms with Gasteiger partial charge >= 0.3 is 6.03 Å². The summed E-state index contributed by atoms with van der Waals surface area (Å²) < 4.78 is 0. The quantitative estimate of drug-likeness (QED) is 0.220. The molecule has 0 aliphatic carbocycles. The first-order chi connectivity index (χ1) is 25.2. The van der Waals surface area contributed by atoms with Gasteiger partial charge in [-0.3, -0.25) is 24.2 Å². The summed E-state index contributed by atoms with van der Waals surface area (Å²) in [6.45, 7) is 8.86. The van der Waals surface area contributed by atoms with Gasteiger partial charge in [0.25, 0.3) is 0 Å². The van der Waals surface area contributed by atoms with Crippen LogP contribution in [0.15, 0.2) is 85.2 Å². The third-order valence-corrected chi connectivity index (χ3v) is 9.70. The Balaban J connectivity index is 1.48. The summed E-state index contributed by atoms with van der Waals surface area (Å²) in [7, 11) is 3.42. The first-order valence-electron chi connectivity index (χ1n) is 18.4. The summed E-state index contributed by atoms with van der Waals surface area (Å²) in [5.41, 5.74) is 2.46. The molecular weight excluding hydrogens is 670 g/mol. The number of nitrogens with one attached hydrogen (secondary N) is 3. The molecule has 0 spiro atoms. The Bertz CT molecular complexity index is 1660. The average Bonchev–Trinajstić information content (AvgIpc) is 3.17. The first-order valence-corrected chi connectivity index (χ1v) is 18.4. The van der Waals surface area contributed by atoms with E-state index in [1.807, 2.05) is 94.4 Å². The maximum atomic E-state index is 14.1. The maximum Gasteiger partial charge on any atom is 0.318 e. The lowest BCUT2D eigenvalue weighted by Crippen LogP contribution is -2.57. The topological polar surface area (TPSA) is 144 Å². The lowest BCUT2D eigenvalue weighted by molar-refractivity contribution is -0.138. The second-order valence-electron chi connectivity index (χ2n) is 15.0. The van der Waals surface area contributed by atoms with E-state index in [0.717, 1.165) is 11.1 Å². The van der Waals surface area contributed by atoms with Gasteiger partial charge < -0.3 is 30.7 Å². The van der Waals surface area contributed by atoms with Crippen molar-refractivity contribution in [2.45, 2.75) is 77.9 Å². The fourth-order valence-corrected chi connectivity index (χ4v) is 6.23. The minimum Gasteiger partial charge on any atom is -0.355 e. The number of amides is 6. The van der Waals surface area contributed by atoms with Crippen LogP contribution < -0.4 is 20.9 Å². The van der Waals surface area contributed by atoms with Gasteiger partial charge in [0.1, 0.15) is 12.1 Å². The van der Waals surface area contributed by atoms with Crippen LogP contribution in [0.4, 0.5) is 10.5 Å². The van der Waals surface area contributed by atoms with Gasteiger partial charge in [-0.05, 0) is 61.3 Å². The van der Waals surface area contributed by atoms with E-state index in [1.165, 1.54) is 0 Å². The molecule has 0 unspecified atom stereocenters. The van der Waals surface area contributed by atoms with Crippen LogP contribution in [-0.2, 0) is 25.6 Å². The van der Waals surface area contributed by atoms with Crippen molar-refractivity contribution >= 4 is 35.3 Å². The predicted molar refractivity (Wildman–Crippen MR) is 206 cm³/mol. The molecule has 1 aliphatic heterocycles. The summed E-state index contributed by atoms with van der Waals surface area (Å²) in [4.78, 5) is 77.1. The lowest BCUT2D eigenvalue weighted by Gasteiger charge is -2.34. The Morgan fingerprint density at radius 2 is 1.51 bits per heavy atom. The van der Waals surface area contributed by atoms with Gasteiger partial charge in [-0.25, -0.2) is 4.79 Å². The number of likely N-dealkylation sites (tertiary alicyclic amines) is 1. The van der Waals surface area contributed by atoms with Crippen LogP contribution in [0.3, 0.4) is 0 Å². The van der Waals surface area contributed by atoms with Gasteiger partial charge in [-0.1, -0.05) is 81.4 Å². The van der Waals surface area contributed by atoms with Crippen LogP contribution in [0, 0.1) is 11.3 Å². The number of urea groups is 1. The minimum absolute atomic E-state index is 0.0522. The fraction of sp³-hybridized carbons (Fsp3) is 0.463. The highest BCUT2D eigenvalue weighted by atomic mass is 16.2. The summed E-state index contributed by atoms with van der Waals surface area (Å²) in [5.74, 6) is -1.64. The number of hydrogen-bond acceptors (Lipinski definition) is 6. The number of piperidine rings is 1. The third kappa shape index (κ3) is 12.2. The molecule has 12 nitrogen and oxygen atoms in total. The summed E-state index contributed by atoms with van der Waals surface area (Å²) in [6, 6.07) is 20.0. The zero-order valence-electron chi connectivity index (χ0n) is 31.9. The van der Waals surface area contributed by atoms with Crippen LogP contribution in [-0.4, -0.2) is 90.3 Å². The molecule has 3 N–H and O–H groups in total. The van der Waals surface area contributed by atoms with Crippen molar-refractivity contribution in [3.63, 3.8) is 0 Å². The molecule has 0 radical (unpaired) electrons. The van der Waals surface area contributed by atoms with Crippen LogP contribution in [0.2, 0.25) is 0 Å². The number of hydrogen-bond donors (Lipinski definition) is 3. The van der Waals surface area contributed by atoms with Gasteiger partial charge in [-0.15, -0.1) is 0 Å². The molecule has 1 aliphatic rings. The van der Waals surface area contributed by atoms with Gasteiger partial charge in [0.05, 0.1) is 24.3 Å². The number of aromatic nitrogens is 1. The van der Waals surface area contributed by atoms with Crippen LogP contribution in [0.1, 0.15) is 70.5 Å². The van der Waals surface area contributed by atoms with Gasteiger partial charge in [-0.2, -0.15) is 0 Å². The Labute approximate surface area is 313 Å². The summed E-state index contributed by atoms with van der Waals surface area (Å²) in [6.07, 6.45) is 4.70. The van der Waals surface area contributed by atoms with Crippen molar-refractivity contribution in [1.29, 1.82) is 0 Å². The summed E-state index contributed by atoms with van der Waals surface area (Å²) >= 11 is 0. The standard InChI is InChI=1S/C41H55N7O5/c1-29(31-16-11-8-12-17-31)46(5)39(52)34(20-19-30-14-9-7-10-15-30)44-37(50)35(26-36(49)43-28-41(2,3)4)45-40(53)48-24-21-32(22-25-48)38(51)47(6)33-18-13-23-42-27-33/h7-18,23,27,29,32,34-35H,19-22,24-26,28H2,1-6H3,(H,43,49)(H,44,50)(H,45,53)/t29-,34-,35-/m0/s1. The molecule has 53 heavy (non-hydrogen) atoms. The molecule has 1 saturated heterocycles. The molecule has 0 saturated carbocycles. The summed E-state index contributed by atoms with van der Waals surface area (Å²) in [5, 5.41) is 8.57. The van der Waals surface area contributed by atoms with E-state index in [4.69, 9.17) is 0 Å². The second kappa shape index (κ2) is 19.0. The molecule has 2 heterocycles. The van der Waals surface area contributed by atoms with Crippen LogP contribution in [0.25, 0.3) is 0 Å². The SMILES string of the molecule is C[C@@H](c1ccccc1)N(C)C(=O)[C@H](CCc1ccccc1)NC(=O)[C@H](CC(=O)NCC(C)(C)C)NC(=O)N1CCC(C(=O)N(C)c2cccnc2)CC1. The zero-order valence-corrected chi connectivity index (χ0v) is 31.9. The van der Waals surface area contributed by atoms with Crippen molar-refractivity contribution in [2.24, 2.45) is 11.3 Å². The van der Waals surface area contributed by atoms with E-state index < -0.39 is 29.9 Å².